The number of anilines is 3. The van der Waals surface area contributed by atoms with Gasteiger partial charge in [-0.2, -0.15) is 5.26 Å². The molecule has 84 valence electrons. The second-order valence-electron chi connectivity index (χ2n) is 3.34. The van der Waals surface area contributed by atoms with Gasteiger partial charge in [0.05, 0.1) is 16.9 Å². The van der Waals surface area contributed by atoms with E-state index in [1.165, 1.54) is 0 Å². The molecule has 1 heterocycles. The van der Waals surface area contributed by atoms with Crippen molar-refractivity contribution < 1.29 is 0 Å². The van der Waals surface area contributed by atoms with Gasteiger partial charge in [-0.15, -0.1) is 0 Å². The van der Waals surface area contributed by atoms with Gasteiger partial charge in [-0.25, -0.2) is 4.98 Å². The van der Waals surface area contributed by atoms with Crippen molar-refractivity contribution in [2.45, 2.75) is 0 Å². The minimum atomic E-state index is 0.370. The number of aromatic nitrogens is 1. The van der Waals surface area contributed by atoms with E-state index in [-0.39, 0.29) is 0 Å². The lowest BCUT2D eigenvalue weighted by Gasteiger charge is -2.10. The standard InChI is InChI=1S/C12H9IN4/c13-9-3-1-2-4-10(9)17-12-11(15)8(7-14)5-6-16-12/h1-6H,15H2,(H,16,17). The molecule has 0 bridgehead atoms. The van der Waals surface area contributed by atoms with Crippen LogP contribution >= 0.6 is 22.6 Å². The van der Waals surface area contributed by atoms with Crippen molar-refractivity contribution in [3.8, 4) is 6.07 Å². The molecule has 0 spiro atoms. The van der Waals surface area contributed by atoms with Crippen LogP contribution in [-0.4, -0.2) is 4.98 Å². The highest BCUT2D eigenvalue weighted by molar-refractivity contribution is 14.1. The number of nitrogens with two attached hydrogens (primary N) is 1. The fraction of sp³-hybridized carbons (Fsp3) is 0. The van der Waals surface area contributed by atoms with Gasteiger partial charge in [0.1, 0.15) is 6.07 Å². The van der Waals surface area contributed by atoms with Gasteiger partial charge >= 0.3 is 0 Å². The largest absolute Gasteiger partial charge is 0.395 e. The van der Waals surface area contributed by atoms with Crippen LogP contribution in [0.25, 0.3) is 0 Å². The first-order valence-electron chi connectivity index (χ1n) is 4.88. The molecule has 0 radical (unpaired) electrons. The van der Waals surface area contributed by atoms with Gasteiger partial charge in [-0.1, -0.05) is 12.1 Å². The van der Waals surface area contributed by atoms with Gasteiger partial charge < -0.3 is 11.1 Å². The first-order chi connectivity index (χ1) is 8.22. The summed E-state index contributed by atoms with van der Waals surface area (Å²) < 4.78 is 1.06. The van der Waals surface area contributed by atoms with Crippen molar-refractivity contribution in [3.05, 3.63) is 45.7 Å². The van der Waals surface area contributed by atoms with Crippen LogP contribution in [0.4, 0.5) is 17.2 Å². The number of halogens is 1. The van der Waals surface area contributed by atoms with Gasteiger partial charge in [0.2, 0.25) is 0 Å². The Kier molecular flexibility index (Phi) is 3.44. The molecule has 0 aliphatic carbocycles. The molecule has 1 aromatic heterocycles. The Balaban J connectivity index is 2.38. The van der Waals surface area contributed by atoms with E-state index in [4.69, 9.17) is 11.0 Å². The van der Waals surface area contributed by atoms with Crippen molar-refractivity contribution in [2.75, 3.05) is 11.1 Å². The van der Waals surface area contributed by atoms with E-state index in [1.54, 1.807) is 12.3 Å². The molecule has 0 atom stereocenters. The Morgan fingerprint density at radius 3 is 2.76 bits per heavy atom. The summed E-state index contributed by atoms with van der Waals surface area (Å²) in [4.78, 5) is 4.13. The lowest BCUT2D eigenvalue weighted by molar-refractivity contribution is 1.29. The fourth-order valence-corrected chi connectivity index (χ4v) is 1.88. The quantitative estimate of drug-likeness (QED) is 0.827. The molecule has 5 heteroatoms. The average molecular weight is 336 g/mol. The maximum Gasteiger partial charge on any atom is 0.154 e. The molecule has 0 saturated heterocycles. The predicted molar refractivity (Wildman–Crippen MR) is 75.8 cm³/mol. The van der Waals surface area contributed by atoms with Crippen LogP contribution in [0.15, 0.2) is 36.5 Å². The van der Waals surface area contributed by atoms with Crippen LogP contribution in [-0.2, 0) is 0 Å². The maximum atomic E-state index is 8.88. The third-order valence-corrected chi connectivity index (χ3v) is 3.18. The van der Waals surface area contributed by atoms with Gasteiger partial charge in [-0.3, -0.25) is 0 Å². The first-order valence-corrected chi connectivity index (χ1v) is 5.96. The number of nitrogen functional groups attached to an aromatic ring is 1. The van der Waals surface area contributed by atoms with Crippen LogP contribution in [0.2, 0.25) is 0 Å². The van der Waals surface area contributed by atoms with Crippen molar-refractivity contribution >= 4 is 39.8 Å². The smallest absolute Gasteiger partial charge is 0.154 e. The molecule has 0 aliphatic rings. The summed E-state index contributed by atoms with van der Waals surface area (Å²) in [6.07, 6.45) is 1.56. The number of hydrogen-bond donors (Lipinski definition) is 2. The van der Waals surface area contributed by atoms with Gasteiger partial charge in [-0.05, 0) is 40.8 Å². The van der Waals surface area contributed by atoms with E-state index in [0.29, 0.717) is 17.1 Å². The predicted octanol–water partition coefficient (Wildman–Crippen LogP) is 2.88. The maximum absolute atomic E-state index is 8.88. The summed E-state index contributed by atoms with van der Waals surface area (Å²) in [5, 5.41) is 12.0. The summed E-state index contributed by atoms with van der Waals surface area (Å²) in [6.45, 7) is 0. The molecular formula is C12H9IN4. The van der Waals surface area contributed by atoms with E-state index in [1.807, 2.05) is 30.3 Å². The monoisotopic (exact) mass is 336 g/mol. The number of hydrogen-bond acceptors (Lipinski definition) is 4. The molecule has 4 nitrogen and oxygen atoms in total. The number of para-hydroxylation sites is 1. The zero-order valence-corrected chi connectivity index (χ0v) is 11.0. The number of nitrogens with zero attached hydrogens (tertiary/aromatic N) is 2. The second kappa shape index (κ2) is 5.01. The van der Waals surface area contributed by atoms with Crippen molar-refractivity contribution in [3.63, 3.8) is 0 Å². The van der Waals surface area contributed by atoms with E-state index in [2.05, 4.69) is 32.9 Å². The molecule has 2 rings (SSSR count). The summed E-state index contributed by atoms with van der Waals surface area (Å²) >= 11 is 2.22. The second-order valence-corrected chi connectivity index (χ2v) is 4.50. The van der Waals surface area contributed by atoms with Crippen molar-refractivity contribution in [2.24, 2.45) is 0 Å². The topological polar surface area (TPSA) is 74.7 Å². The Labute approximate surface area is 113 Å². The Morgan fingerprint density at radius 2 is 2.06 bits per heavy atom. The third-order valence-electron chi connectivity index (χ3n) is 2.24. The third kappa shape index (κ3) is 2.47. The molecule has 2 aromatic rings. The summed E-state index contributed by atoms with van der Waals surface area (Å²) in [5.41, 5.74) is 7.56. The minimum Gasteiger partial charge on any atom is -0.395 e. The van der Waals surface area contributed by atoms with Crippen LogP contribution < -0.4 is 11.1 Å². The Morgan fingerprint density at radius 1 is 1.29 bits per heavy atom. The van der Waals surface area contributed by atoms with Crippen LogP contribution in [0.5, 0.6) is 0 Å². The Bertz CT molecular complexity index is 589. The molecule has 0 saturated carbocycles. The number of pyridine rings is 1. The normalized spacial score (nSPS) is 9.65. The molecule has 0 fully saturated rings. The van der Waals surface area contributed by atoms with Crippen molar-refractivity contribution in [1.82, 2.24) is 4.98 Å². The number of rotatable bonds is 2. The molecular weight excluding hydrogens is 327 g/mol. The molecule has 1 aromatic carbocycles. The number of nitrogens with one attached hydrogen (secondary N) is 1. The number of nitriles is 1. The molecule has 17 heavy (non-hydrogen) atoms. The highest BCUT2D eigenvalue weighted by Gasteiger charge is 2.07. The SMILES string of the molecule is N#Cc1ccnc(Nc2ccccc2I)c1N. The van der Waals surface area contributed by atoms with E-state index < -0.39 is 0 Å². The van der Waals surface area contributed by atoms with E-state index in [0.717, 1.165) is 9.26 Å². The van der Waals surface area contributed by atoms with Gasteiger partial charge in [0.15, 0.2) is 5.82 Å². The van der Waals surface area contributed by atoms with Crippen LogP contribution in [0.3, 0.4) is 0 Å². The summed E-state index contributed by atoms with van der Waals surface area (Å²) in [6, 6.07) is 11.4. The van der Waals surface area contributed by atoms with Gasteiger partial charge in [0, 0.05) is 9.77 Å². The molecule has 0 aliphatic heterocycles. The fourth-order valence-electron chi connectivity index (χ4n) is 1.36. The highest BCUT2D eigenvalue weighted by atomic mass is 127. The lowest BCUT2D eigenvalue weighted by atomic mass is 10.2. The molecule has 0 unspecified atom stereocenters. The average Bonchev–Trinajstić information content (AvgIpc) is 2.34. The zero-order valence-electron chi connectivity index (χ0n) is 8.81. The Hall–Kier alpha value is -1.81. The van der Waals surface area contributed by atoms with E-state index >= 15 is 0 Å². The highest BCUT2D eigenvalue weighted by Crippen LogP contribution is 2.26. The van der Waals surface area contributed by atoms with E-state index in [9.17, 15) is 0 Å². The van der Waals surface area contributed by atoms with Crippen LogP contribution in [0, 0.1) is 14.9 Å². The van der Waals surface area contributed by atoms with Gasteiger partial charge in [0.25, 0.3) is 0 Å². The van der Waals surface area contributed by atoms with Crippen LogP contribution in [0.1, 0.15) is 5.56 Å². The summed E-state index contributed by atoms with van der Waals surface area (Å²) in [7, 11) is 0. The lowest BCUT2D eigenvalue weighted by Crippen LogP contribution is -2.02. The number of benzene rings is 1. The zero-order chi connectivity index (χ0) is 12.3. The van der Waals surface area contributed by atoms with Crippen molar-refractivity contribution in [1.29, 1.82) is 5.26 Å². The molecule has 3 N–H and O–H groups in total. The molecule has 0 amide bonds. The minimum absolute atomic E-state index is 0.370. The first kappa shape index (κ1) is 11.7. The summed E-state index contributed by atoms with van der Waals surface area (Å²) in [5.74, 6) is 0.508.